The van der Waals surface area contributed by atoms with Crippen LogP contribution < -0.4 is 10.6 Å². The summed E-state index contributed by atoms with van der Waals surface area (Å²) in [5, 5.41) is 56.3. The maximum Gasteiger partial charge on any atom is 0.221 e. The van der Waals surface area contributed by atoms with Crippen molar-refractivity contribution in [3.05, 3.63) is 130 Å². The van der Waals surface area contributed by atoms with Crippen molar-refractivity contribution in [1.29, 1.82) is 21.0 Å². The minimum absolute atomic E-state index is 0.00444. The van der Waals surface area contributed by atoms with Crippen molar-refractivity contribution in [3.8, 4) is 24.3 Å². The number of hydrogen-bond acceptors (Lipinski definition) is 8. The SMILES string of the molecule is CC(=O)Nc1ccc(C#N)cc1.CC(=O)Nc1cccc(C#N)c1.N#Cc1ccc(CO)cc1.N#Cc1cccc(CO)c1. The molecule has 10 heteroatoms. The quantitative estimate of drug-likeness (QED) is 0.252. The summed E-state index contributed by atoms with van der Waals surface area (Å²) >= 11 is 0. The predicted octanol–water partition coefficient (Wildman–Crippen LogP) is 5.13. The molecule has 2 amide bonds. The minimum atomic E-state index is -0.134. The van der Waals surface area contributed by atoms with Crippen molar-refractivity contribution < 1.29 is 19.8 Å². The highest BCUT2D eigenvalue weighted by atomic mass is 16.3. The van der Waals surface area contributed by atoms with Crippen LogP contribution in [-0.4, -0.2) is 22.0 Å². The summed E-state index contributed by atoms with van der Waals surface area (Å²) in [6.07, 6.45) is 0. The molecule has 0 heterocycles. The number of nitriles is 4. The maximum absolute atomic E-state index is 10.6. The van der Waals surface area contributed by atoms with Crippen LogP contribution in [0, 0.1) is 45.3 Å². The zero-order chi connectivity index (χ0) is 32.7. The van der Waals surface area contributed by atoms with Gasteiger partial charge in [0.1, 0.15) is 0 Å². The smallest absolute Gasteiger partial charge is 0.221 e. The van der Waals surface area contributed by atoms with Crippen LogP contribution in [0.1, 0.15) is 47.2 Å². The Kier molecular flexibility index (Phi) is 16.7. The Morgan fingerprint density at radius 1 is 0.545 bits per heavy atom. The molecule has 4 aromatic rings. The Balaban J connectivity index is 0.000000294. The number of nitrogens with zero attached hydrogens (tertiary/aromatic N) is 4. The summed E-state index contributed by atoms with van der Waals surface area (Å²) in [6.45, 7) is 2.90. The molecule has 10 nitrogen and oxygen atoms in total. The fourth-order valence-corrected chi connectivity index (χ4v) is 3.13. The Morgan fingerprint density at radius 3 is 1.43 bits per heavy atom. The van der Waals surface area contributed by atoms with Gasteiger partial charge in [-0.15, -0.1) is 0 Å². The van der Waals surface area contributed by atoms with E-state index < -0.39 is 0 Å². The van der Waals surface area contributed by atoms with E-state index in [1.807, 2.05) is 24.3 Å². The normalized spacial score (nSPS) is 8.73. The van der Waals surface area contributed by atoms with Crippen molar-refractivity contribution in [2.24, 2.45) is 0 Å². The number of anilines is 2. The van der Waals surface area contributed by atoms with E-state index in [-0.39, 0.29) is 25.0 Å². The lowest BCUT2D eigenvalue weighted by atomic mass is 10.1. The monoisotopic (exact) mass is 586 g/mol. The fraction of sp³-hybridized carbons (Fsp3) is 0.118. The summed E-state index contributed by atoms with van der Waals surface area (Å²) < 4.78 is 0. The molecule has 0 unspecified atom stereocenters. The highest BCUT2D eigenvalue weighted by Crippen LogP contribution is 2.09. The standard InChI is InChI=1S/2C9H8N2O.2C8H7NO/c1-7(12)11-9-4-2-8(6-10)3-5-9;1-7(12)11-9-4-2-3-8(5-9)6-10;9-5-7-1-3-8(6-10)4-2-7;9-5-7-2-1-3-8(4-7)6-10/h2*2-5H,1H3,(H,11,12);2*1-4,10H,6H2. The van der Waals surface area contributed by atoms with Crippen LogP contribution in [-0.2, 0) is 22.8 Å². The molecule has 0 fully saturated rings. The number of nitrogens with one attached hydrogen (secondary N) is 2. The third-order valence-corrected chi connectivity index (χ3v) is 5.15. The van der Waals surface area contributed by atoms with E-state index in [0.717, 1.165) is 11.1 Å². The van der Waals surface area contributed by atoms with E-state index in [1.54, 1.807) is 97.1 Å². The molecule has 0 radical (unpaired) electrons. The summed E-state index contributed by atoms with van der Waals surface area (Å²) in [6, 6.07) is 35.2. The molecule has 0 aliphatic rings. The summed E-state index contributed by atoms with van der Waals surface area (Å²) in [5.41, 5.74) is 5.32. The van der Waals surface area contributed by atoms with Crippen LogP contribution in [0.2, 0.25) is 0 Å². The molecule has 0 aliphatic heterocycles. The first-order valence-corrected chi connectivity index (χ1v) is 12.9. The Labute approximate surface area is 256 Å². The third-order valence-electron chi connectivity index (χ3n) is 5.15. The maximum atomic E-state index is 10.6. The van der Waals surface area contributed by atoms with Gasteiger partial charge in [0.15, 0.2) is 0 Å². The molecule has 0 spiro atoms. The summed E-state index contributed by atoms with van der Waals surface area (Å²) in [7, 11) is 0. The van der Waals surface area contributed by atoms with Gasteiger partial charge in [-0.2, -0.15) is 21.0 Å². The summed E-state index contributed by atoms with van der Waals surface area (Å²) in [4.78, 5) is 21.2. The van der Waals surface area contributed by atoms with E-state index in [1.165, 1.54) is 13.8 Å². The average Bonchev–Trinajstić information content (AvgIpc) is 3.05. The molecule has 0 saturated carbocycles. The number of rotatable bonds is 4. The van der Waals surface area contributed by atoms with Gasteiger partial charge in [-0.3, -0.25) is 9.59 Å². The van der Waals surface area contributed by atoms with Gasteiger partial charge in [0.25, 0.3) is 0 Å². The molecule has 44 heavy (non-hydrogen) atoms. The van der Waals surface area contributed by atoms with Gasteiger partial charge in [0.05, 0.1) is 59.7 Å². The highest BCUT2D eigenvalue weighted by molar-refractivity contribution is 5.89. The topological polar surface area (TPSA) is 194 Å². The zero-order valence-electron chi connectivity index (χ0n) is 24.2. The van der Waals surface area contributed by atoms with Crippen LogP contribution in [0.4, 0.5) is 11.4 Å². The molecule has 4 rings (SSSR count). The molecule has 0 atom stereocenters. The van der Waals surface area contributed by atoms with Crippen molar-refractivity contribution in [1.82, 2.24) is 0 Å². The minimum Gasteiger partial charge on any atom is -0.392 e. The first-order chi connectivity index (χ1) is 21.2. The fourth-order valence-electron chi connectivity index (χ4n) is 3.13. The van der Waals surface area contributed by atoms with Crippen LogP contribution >= 0.6 is 0 Å². The zero-order valence-corrected chi connectivity index (χ0v) is 24.2. The van der Waals surface area contributed by atoms with Crippen LogP contribution in [0.5, 0.6) is 0 Å². The molecular formula is C34H30N6O4. The second-order valence-corrected chi connectivity index (χ2v) is 8.68. The number of carbonyl (C=O) groups excluding carboxylic acids is 2. The second kappa shape index (κ2) is 20.6. The second-order valence-electron chi connectivity index (χ2n) is 8.68. The van der Waals surface area contributed by atoms with Gasteiger partial charge in [-0.1, -0.05) is 30.3 Å². The molecule has 0 aliphatic carbocycles. The van der Waals surface area contributed by atoms with Gasteiger partial charge >= 0.3 is 0 Å². The van der Waals surface area contributed by atoms with Crippen LogP contribution in [0.25, 0.3) is 0 Å². The molecular weight excluding hydrogens is 556 g/mol. The van der Waals surface area contributed by atoms with E-state index in [2.05, 4.69) is 10.6 Å². The van der Waals surface area contributed by atoms with Crippen molar-refractivity contribution >= 4 is 23.2 Å². The lowest BCUT2D eigenvalue weighted by Gasteiger charge is -2.00. The largest absolute Gasteiger partial charge is 0.392 e. The van der Waals surface area contributed by atoms with Gasteiger partial charge in [-0.25, -0.2) is 0 Å². The number of aliphatic hydroxyl groups excluding tert-OH is 2. The van der Waals surface area contributed by atoms with E-state index in [4.69, 9.17) is 31.3 Å². The predicted molar refractivity (Wildman–Crippen MR) is 165 cm³/mol. The van der Waals surface area contributed by atoms with E-state index in [9.17, 15) is 9.59 Å². The summed E-state index contributed by atoms with van der Waals surface area (Å²) in [5.74, 6) is -0.246. The Bertz CT molecular complexity index is 1670. The van der Waals surface area contributed by atoms with Crippen LogP contribution in [0.15, 0.2) is 97.1 Å². The number of amides is 2. The average molecular weight is 587 g/mol. The number of benzene rings is 4. The molecule has 4 aromatic carbocycles. The van der Waals surface area contributed by atoms with Gasteiger partial charge in [0, 0.05) is 25.2 Å². The molecule has 4 N–H and O–H groups in total. The number of hydrogen-bond donors (Lipinski definition) is 4. The van der Waals surface area contributed by atoms with Crippen molar-refractivity contribution in [2.45, 2.75) is 27.1 Å². The first-order valence-electron chi connectivity index (χ1n) is 12.9. The number of aliphatic hydroxyl groups is 2. The van der Waals surface area contributed by atoms with Crippen LogP contribution in [0.3, 0.4) is 0 Å². The van der Waals surface area contributed by atoms with E-state index in [0.29, 0.717) is 33.6 Å². The third kappa shape index (κ3) is 14.9. The molecule has 0 bridgehead atoms. The van der Waals surface area contributed by atoms with Gasteiger partial charge in [0.2, 0.25) is 11.8 Å². The molecule has 220 valence electrons. The lowest BCUT2D eigenvalue weighted by Crippen LogP contribution is -2.05. The molecule has 0 aromatic heterocycles. The van der Waals surface area contributed by atoms with Gasteiger partial charge in [-0.05, 0) is 77.9 Å². The van der Waals surface area contributed by atoms with Crippen molar-refractivity contribution in [2.75, 3.05) is 10.6 Å². The van der Waals surface area contributed by atoms with E-state index >= 15 is 0 Å². The van der Waals surface area contributed by atoms with Gasteiger partial charge < -0.3 is 20.8 Å². The Hall–Kier alpha value is -6.30. The first kappa shape index (κ1) is 35.7. The highest BCUT2D eigenvalue weighted by Gasteiger charge is 1.96. The Morgan fingerprint density at radius 2 is 0.977 bits per heavy atom. The van der Waals surface area contributed by atoms with Crippen molar-refractivity contribution in [3.63, 3.8) is 0 Å². The number of carbonyl (C=O) groups is 2. The lowest BCUT2D eigenvalue weighted by molar-refractivity contribution is -0.115. The molecule has 0 saturated heterocycles.